The molecule has 1 saturated carbocycles. The van der Waals surface area contributed by atoms with Crippen LogP contribution in [0.15, 0.2) is 42.5 Å². The molecule has 1 fully saturated rings. The molecule has 0 aromatic heterocycles. The molecule has 0 unspecified atom stereocenters. The van der Waals surface area contributed by atoms with Gasteiger partial charge >= 0.3 is 5.97 Å². The lowest BCUT2D eigenvalue weighted by atomic mass is 9.93. The van der Waals surface area contributed by atoms with E-state index >= 15 is 0 Å². The molecule has 2 aromatic rings. The molecule has 1 aliphatic rings. The zero-order valence-electron chi connectivity index (χ0n) is 14.5. The van der Waals surface area contributed by atoms with Crippen molar-refractivity contribution in [2.24, 2.45) is 5.92 Å². The number of ether oxygens (including phenoxy) is 1. The van der Waals surface area contributed by atoms with Crippen LogP contribution in [0.3, 0.4) is 0 Å². The largest absolute Gasteiger partial charge is 0.496 e. The van der Waals surface area contributed by atoms with Gasteiger partial charge in [0.05, 0.1) is 13.0 Å². The average molecular weight is 339 g/mol. The second kappa shape index (κ2) is 6.24. The van der Waals surface area contributed by atoms with Gasteiger partial charge in [0.1, 0.15) is 11.2 Å². The van der Waals surface area contributed by atoms with E-state index < -0.39 is 17.3 Å². The molecule has 1 aliphatic carbocycles. The van der Waals surface area contributed by atoms with E-state index in [1.54, 1.807) is 37.4 Å². The number of benzene rings is 2. The molecular weight excluding hydrogens is 318 g/mol. The molecule has 2 atom stereocenters. The Kier molecular flexibility index (Phi) is 4.25. The minimum absolute atomic E-state index is 0.278. The van der Waals surface area contributed by atoms with Crippen LogP contribution in [0.1, 0.15) is 23.1 Å². The van der Waals surface area contributed by atoms with Crippen LogP contribution in [0.4, 0.5) is 5.69 Å². The topological polar surface area (TPSA) is 75.6 Å². The molecule has 130 valence electrons. The molecular formula is C20H21NO4. The number of anilines is 1. The first-order valence-corrected chi connectivity index (χ1v) is 8.15. The summed E-state index contributed by atoms with van der Waals surface area (Å²) in [5, 5.41) is 12.6. The smallest absolute Gasteiger partial charge is 0.314 e. The first kappa shape index (κ1) is 17.0. The number of methoxy groups -OCH3 is 1. The van der Waals surface area contributed by atoms with E-state index in [0.29, 0.717) is 23.4 Å². The van der Waals surface area contributed by atoms with Gasteiger partial charge in [0.25, 0.3) is 0 Å². The van der Waals surface area contributed by atoms with Gasteiger partial charge in [-0.3, -0.25) is 9.59 Å². The minimum atomic E-state index is -1.13. The third-order valence-corrected chi connectivity index (χ3v) is 4.95. The van der Waals surface area contributed by atoms with Crippen LogP contribution in [-0.4, -0.2) is 24.1 Å². The molecule has 0 radical (unpaired) electrons. The summed E-state index contributed by atoms with van der Waals surface area (Å²) in [4.78, 5) is 24.6. The van der Waals surface area contributed by atoms with E-state index in [-0.39, 0.29) is 5.91 Å². The summed E-state index contributed by atoms with van der Waals surface area (Å²) in [6, 6.07) is 12.7. The molecule has 5 heteroatoms. The van der Waals surface area contributed by atoms with Crippen molar-refractivity contribution in [3.8, 4) is 5.75 Å². The number of aliphatic carboxylic acids is 1. The zero-order chi connectivity index (χ0) is 18.2. The number of rotatable bonds is 5. The standard InChI is InChI=1S/C20H21NO4/c1-12-9-13(2)17(25-3)10-16(12)21-18(22)15-11-20(15,19(23)24)14-7-5-4-6-8-14/h4-10,15H,11H2,1-3H3,(H,21,22)(H,23,24)/t15-,20+/m0/s1. The molecule has 0 bridgehead atoms. The molecule has 5 nitrogen and oxygen atoms in total. The van der Waals surface area contributed by atoms with Crippen molar-refractivity contribution in [2.75, 3.05) is 12.4 Å². The summed E-state index contributed by atoms with van der Waals surface area (Å²) in [5.41, 5.74) is 2.07. The molecule has 3 rings (SSSR count). The van der Waals surface area contributed by atoms with Crippen LogP contribution in [0.2, 0.25) is 0 Å². The maximum absolute atomic E-state index is 12.7. The number of hydrogen-bond acceptors (Lipinski definition) is 3. The monoisotopic (exact) mass is 339 g/mol. The normalized spacial score (nSPS) is 21.5. The van der Waals surface area contributed by atoms with Crippen molar-refractivity contribution in [3.63, 3.8) is 0 Å². The lowest BCUT2D eigenvalue weighted by Crippen LogP contribution is -2.28. The van der Waals surface area contributed by atoms with Crippen LogP contribution in [-0.2, 0) is 15.0 Å². The highest BCUT2D eigenvalue weighted by Crippen LogP contribution is 2.55. The van der Waals surface area contributed by atoms with Gasteiger partial charge in [0.2, 0.25) is 5.91 Å². The van der Waals surface area contributed by atoms with Crippen LogP contribution in [0, 0.1) is 19.8 Å². The maximum atomic E-state index is 12.7. The van der Waals surface area contributed by atoms with Crippen LogP contribution >= 0.6 is 0 Å². The zero-order valence-corrected chi connectivity index (χ0v) is 14.5. The minimum Gasteiger partial charge on any atom is -0.496 e. The number of carbonyl (C=O) groups is 2. The predicted molar refractivity (Wildman–Crippen MR) is 95.0 cm³/mol. The van der Waals surface area contributed by atoms with Gasteiger partial charge in [-0.1, -0.05) is 36.4 Å². The Morgan fingerprint density at radius 1 is 1.16 bits per heavy atom. The third-order valence-electron chi connectivity index (χ3n) is 4.95. The Labute approximate surface area is 146 Å². The highest BCUT2D eigenvalue weighted by molar-refractivity contribution is 6.03. The van der Waals surface area contributed by atoms with Crippen LogP contribution in [0.25, 0.3) is 0 Å². The Bertz CT molecular complexity index is 831. The first-order chi connectivity index (χ1) is 11.9. The molecule has 2 N–H and O–H groups in total. The van der Waals surface area contributed by atoms with Gasteiger partial charge in [-0.05, 0) is 37.0 Å². The quantitative estimate of drug-likeness (QED) is 0.876. The maximum Gasteiger partial charge on any atom is 0.314 e. The summed E-state index contributed by atoms with van der Waals surface area (Å²) in [6.07, 6.45) is 0.306. The summed E-state index contributed by atoms with van der Waals surface area (Å²) >= 11 is 0. The van der Waals surface area contributed by atoms with Gasteiger partial charge in [0.15, 0.2) is 0 Å². The van der Waals surface area contributed by atoms with E-state index in [1.165, 1.54) is 0 Å². The fourth-order valence-electron chi connectivity index (χ4n) is 3.40. The Morgan fingerprint density at radius 2 is 1.84 bits per heavy atom. The van der Waals surface area contributed by atoms with E-state index in [1.807, 2.05) is 26.0 Å². The van der Waals surface area contributed by atoms with Crippen molar-refractivity contribution in [1.82, 2.24) is 0 Å². The molecule has 0 spiro atoms. The third kappa shape index (κ3) is 2.86. The number of aryl methyl sites for hydroxylation is 2. The molecule has 1 amide bonds. The summed E-state index contributed by atoms with van der Waals surface area (Å²) in [6.45, 7) is 3.83. The lowest BCUT2D eigenvalue weighted by molar-refractivity contribution is -0.141. The summed E-state index contributed by atoms with van der Waals surface area (Å²) in [5.74, 6) is -1.14. The average Bonchev–Trinajstić information content (AvgIpc) is 3.35. The highest BCUT2D eigenvalue weighted by Gasteiger charge is 2.65. The van der Waals surface area contributed by atoms with Crippen LogP contribution in [0.5, 0.6) is 5.75 Å². The fraction of sp³-hybridized carbons (Fsp3) is 0.300. The Hall–Kier alpha value is -2.82. The van der Waals surface area contributed by atoms with Gasteiger partial charge in [-0.25, -0.2) is 0 Å². The van der Waals surface area contributed by atoms with Gasteiger partial charge in [-0.2, -0.15) is 0 Å². The van der Waals surface area contributed by atoms with Crippen molar-refractivity contribution in [2.45, 2.75) is 25.7 Å². The molecule has 0 saturated heterocycles. The number of nitrogens with one attached hydrogen (secondary N) is 1. The number of carbonyl (C=O) groups excluding carboxylic acids is 1. The first-order valence-electron chi connectivity index (χ1n) is 8.15. The molecule has 2 aromatic carbocycles. The SMILES string of the molecule is COc1cc(NC(=O)[C@@H]2C[C@@]2(C(=O)O)c2ccccc2)c(C)cc1C. The highest BCUT2D eigenvalue weighted by atomic mass is 16.5. The molecule has 0 aliphatic heterocycles. The van der Waals surface area contributed by atoms with Crippen LogP contribution < -0.4 is 10.1 Å². The number of hydrogen-bond donors (Lipinski definition) is 2. The van der Waals surface area contributed by atoms with Crippen molar-refractivity contribution in [3.05, 3.63) is 59.2 Å². The lowest BCUT2D eigenvalue weighted by Gasteiger charge is -2.15. The molecule has 25 heavy (non-hydrogen) atoms. The fourth-order valence-corrected chi connectivity index (χ4v) is 3.40. The summed E-state index contributed by atoms with van der Waals surface area (Å²) in [7, 11) is 1.58. The number of amides is 1. The predicted octanol–water partition coefficient (Wildman–Crippen LogP) is 3.29. The number of carboxylic acids is 1. The number of carboxylic acid groups (broad SMARTS) is 1. The van der Waals surface area contributed by atoms with E-state index in [9.17, 15) is 14.7 Å². The van der Waals surface area contributed by atoms with Crippen molar-refractivity contribution < 1.29 is 19.4 Å². The van der Waals surface area contributed by atoms with Gasteiger partial charge in [-0.15, -0.1) is 0 Å². The van der Waals surface area contributed by atoms with E-state index in [2.05, 4.69) is 5.32 Å². The van der Waals surface area contributed by atoms with E-state index in [0.717, 1.165) is 11.1 Å². The Morgan fingerprint density at radius 3 is 2.44 bits per heavy atom. The van der Waals surface area contributed by atoms with Gasteiger partial charge < -0.3 is 15.2 Å². The second-order valence-corrected chi connectivity index (χ2v) is 6.53. The van der Waals surface area contributed by atoms with Crippen molar-refractivity contribution >= 4 is 17.6 Å². The Balaban J connectivity index is 1.85. The van der Waals surface area contributed by atoms with Gasteiger partial charge in [0, 0.05) is 11.8 Å². The molecule has 0 heterocycles. The van der Waals surface area contributed by atoms with Crippen molar-refractivity contribution in [1.29, 1.82) is 0 Å². The van der Waals surface area contributed by atoms with E-state index in [4.69, 9.17) is 4.74 Å². The summed E-state index contributed by atoms with van der Waals surface area (Å²) < 4.78 is 5.30. The second-order valence-electron chi connectivity index (χ2n) is 6.53.